The number of hydrogen-bond donors (Lipinski definition) is 2. The van der Waals surface area contributed by atoms with Gasteiger partial charge < -0.3 is 15.4 Å². The summed E-state index contributed by atoms with van der Waals surface area (Å²) < 4.78 is 5.35. The lowest BCUT2D eigenvalue weighted by Gasteiger charge is -2.37. The third-order valence-electron chi connectivity index (χ3n) is 3.35. The van der Waals surface area contributed by atoms with Gasteiger partial charge in [-0.3, -0.25) is 4.79 Å². The first-order valence-electron chi connectivity index (χ1n) is 6.45. The fourth-order valence-electron chi connectivity index (χ4n) is 2.12. The molecule has 2 N–H and O–H groups in total. The van der Waals surface area contributed by atoms with E-state index in [4.69, 9.17) is 4.74 Å². The van der Waals surface area contributed by atoms with Gasteiger partial charge in [0.25, 0.3) is 0 Å². The van der Waals surface area contributed by atoms with Crippen molar-refractivity contribution in [3.05, 3.63) is 0 Å². The summed E-state index contributed by atoms with van der Waals surface area (Å²) in [7, 11) is 1.70. The zero-order valence-corrected chi connectivity index (χ0v) is 11.6. The van der Waals surface area contributed by atoms with Gasteiger partial charge in [0.05, 0.1) is 0 Å². The van der Waals surface area contributed by atoms with Gasteiger partial charge in [-0.2, -0.15) is 0 Å². The summed E-state index contributed by atoms with van der Waals surface area (Å²) in [4.78, 5) is 12.0. The summed E-state index contributed by atoms with van der Waals surface area (Å²) in [6, 6.07) is 0. The van der Waals surface area contributed by atoms with Gasteiger partial charge in [-0.05, 0) is 31.2 Å². The predicted octanol–water partition coefficient (Wildman–Crippen LogP) is 1.31. The Hall–Kier alpha value is -0.610. The van der Waals surface area contributed by atoms with Crippen LogP contribution < -0.4 is 10.6 Å². The lowest BCUT2D eigenvalue weighted by Crippen LogP contribution is -2.59. The van der Waals surface area contributed by atoms with Gasteiger partial charge in [0.2, 0.25) is 5.91 Å². The third kappa shape index (κ3) is 4.28. The number of amides is 1. The van der Waals surface area contributed by atoms with E-state index in [0.29, 0.717) is 18.6 Å². The molecule has 0 saturated carbocycles. The molecule has 100 valence electrons. The van der Waals surface area contributed by atoms with E-state index in [9.17, 15) is 4.79 Å². The zero-order valence-electron chi connectivity index (χ0n) is 11.6. The standard InChI is InChI=1S/C13H26N2O2/c1-12(2,3)5-8-15-13(11(16)14-4)6-9-17-10-7-13/h15H,5-10H2,1-4H3,(H,14,16). The largest absolute Gasteiger partial charge is 0.381 e. The molecule has 1 heterocycles. The molecule has 0 atom stereocenters. The molecule has 0 aromatic rings. The quantitative estimate of drug-likeness (QED) is 0.781. The van der Waals surface area contributed by atoms with E-state index in [2.05, 4.69) is 31.4 Å². The Bertz CT molecular complexity index is 253. The summed E-state index contributed by atoms with van der Waals surface area (Å²) in [5, 5.41) is 6.22. The van der Waals surface area contributed by atoms with Gasteiger partial charge in [-0.15, -0.1) is 0 Å². The summed E-state index contributed by atoms with van der Waals surface area (Å²) in [5.74, 6) is 0.0923. The monoisotopic (exact) mass is 242 g/mol. The highest BCUT2D eigenvalue weighted by atomic mass is 16.5. The minimum absolute atomic E-state index is 0.0923. The van der Waals surface area contributed by atoms with Crippen molar-refractivity contribution in [3.63, 3.8) is 0 Å². The average Bonchev–Trinajstić information content (AvgIpc) is 2.27. The molecule has 1 fully saturated rings. The molecule has 1 saturated heterocycles. The van der Waals surface area contributed by atoms with E-state index >= 15 is 0 Å². The SMILES string of the molecule is CNC(=O)C1(NCCC(C)(C)C)CCOCC1. The molecular weight excluding hydrogens is 216 g/mol. The van der Waals surface area contributed by atoms with Crippen LogP contribution in [-0.4, -0.2) is 38.3 Å². The first kappa shape index (κ1) is 14.5. The molecule has 1 rings (SSSR count). The van der Waals surface area contributed by atoms with Crippen LogP contribution in [0.15, 0.2) is 0 Å². The summed E-state index contributed by atoms with van der Waals surface area (Å²) in [6.07, 6.45) is 2.58. The second kappa shape index (κ2) is 5.83. The average molecular weight is 242 g/mol. The second-order valence-corrected chi connectivity index (χ2v) is 6.01. The number of carbonyl (C=O) groups is 1. The van der Waals surface area contributed by atoms with Gasteiger partial charge >= 0.3 is 0 Å². The molecule has 17 heavy (non-hydrogen) atoms. The van der Waals surface area contributed by atoms with Crippen LogP contribution in [0.3, 0.4) is 0 Å². The second-order valence-electron chi connectivity index (χ2n) is 6.01. The van der Waals surface area contributed by atoms with Crippen LogP contribution in [-0.2, 0) is 9.53 Å². The minimum atomic E-state index is -0.418. The minimum Gasteiger partial charge on any atom is -0.381 e. The first-order chi connectivity index (χ1) is 7.90. The normalized spacial score (nSPS) is 20.0. The molecule has 0 aromatic heterocycles. The zero-order chi connectivity index (χ0) is 12.9. The van der Waals surface area contributed by atoms with Gasteiger partial charge in [-0.1, -0.05) is 20.8 Å². The maximum Gasteiger partial charge on any atom is 0.240 e. The van der Waals surface area contributed by atoms with E-state index in [-0.39, 0.29) is 5.91 Å². The van der Waals surface area contributed by atoms with E-state index in [1.165, 1.54) is 0 Å². The summed E-state index contributed by atoms with van der Waals surface area (Å²) in [5.41, 5.74) is -0.125. The third-order valence-corrected chi connectivity index (χ3v) is 3.35. The highest BCUT2D eigenvalue weighted by Gasteiger charge is 2.38. The maximum atomic E-state index is 12.0. The van der Waals surface area contributed by atoms with Crippen LogP contribution in [0.4, 0.5) is 0 Å². The lowest BCUT2D eigenvalue weighted by molar-refractivity contribution is -0.131. The number of hydrogen-bond acceptors (Lipinski definition) is 3. The number of nitrogens with one attached hydrogen (secondary N) is 2. The molecule has 4 heteroatoms. The Balaban J connectivity index is 2.55. The van der Waals surface area contributed by atoms with Crippen LogP contribution >= 0.6 is 0 Å². The van der Waals surface area contributed by atoms with Crippen molar-refractivity contribution in [1.82, 2.24) is 10.6 Å². The van der Waals surface area contributed by atoms with Crippen molar-refractivity contribution in [2.75, 3.05) is 26.8 Å². The Morgan fingerprint density at radius 2 is 1.88 bits per heavy atom. The van der Waals surface area contributed by atoms with E-state index in [1.54, 1.807) is 7.05 Å². The van der Waals surface area contributed by atoms with Crippen molar-refractivity contribution >= 4 is 5.91 Å². The van der Waals surface area contributed by atoms with Crippen molar-refractivity contribution in [2.24, 2.45) is 5.41 Å². The molecule has 0 unspecified atom stereocenters. The smallest absolute Gasteiger partial charge is 0.240 e. The van der Waals surface area contributed by atoms with E-state index in [1.807, 2.05) is 0 Å². The molecule has 0 bridgehead atoms. The predicted molar refractivity (Wildman–Crippen MR) is 68.9 cm³/mol. The van der Waals surface area contributed by atoms with Crippen LogP contribution in [0.5, 0.6) is 0 Å². The molecular formula is C13H26N2O2. The Kier molecular flexibility index (Phi) is 4.95. The first-order valence-corrected chi connectivity index (χ1v) is 6.45. The van der Waals surface area contributed by atoms with Crippen LogP contribution in [0, 0.1) is 5.41 Å². The van der Waals surface area contributed by atoms with Crippen molar-refractivity contribution in [1.29, 1.82) is 0 Å². The van der Waals surface area contributed by atoms with Gasteiger partial charge in [0.15, 0.2) is 0 Å². The molecule has 1 aliphatic rings. The lowest BCUT2D eigenvalue weighted by atomic mass is 9.87. The molecule has 1 amide bonds. The number of ether oxygens (including phenoxy) is 1. The highest BCUT2D eigenvalue weighted by Crippen LogP contribution is 2.23. The molecule has 1 aliphatic heterocycles. The van der Waals surface area contributed by atoms with Crippen LogP contribution in [0.2, 0.25) is 0 Å². The fraction of sp³-hybridized carbons (Fsp3) is 0.923. The van der Waals surface area contributed by atoms with Crippen LogP contribution in [0.25, 0.3) is 0 Å². The Morgan fingerprint density at radius 3 is 2.35 bits per heavy atom. The van der Waals surface area contributed by atoms with E-state index < -0.39 is 5.54 Å². The molecule has 0 spiro atoms. The number of likely N-dealkylation sites (N-methyl/N-ethyl adjacent to an activating group) is 1. The van der Waals surface area contributed by atoms with Crippen molar-refractivity contribution in [2.45, 2.75) is 45.6 Å². The van der Waals surface area contributed by atoms with Gasteiger partial charge in [0.1, 0.15) is 5.54 Å². The van der Waals surface area contributed by atoms with E-state index in [0.717, 1.165) is 25.8 Å². The van der Waals surface area contributed by atoms with Crippen molar-refractivity contribution < 1.29 is 9.53 Å². The number of rotatable bonds is 4. The maximum absolute atomic E-state index is 12.0. The molecule has 4 nitrogen and oxygen atoms in total. The topological polar surface area (TPSA) is 50.4 Å². The highest BCUT2D eigenvalue weighted by molar-refractivity contribution is 5.86. The summed E-state index contributed by atoms with van der Waals surface area (Å²) in [6.45, 7) is 8.84. The molecule has 0 aliphatic carbocycles. The van der Waals surface area contributed by atoms with Crippen molar-refractivity contribution in [3.8, 4) is 0 Å². The number of carbonyl (C=O) groups excluding carboxylic acids is 1. The van der Waals surface area contributed by atoms with Gasteiger partial charge in [-0.25, -0.2) is 0 Å². The summed E-state index contributed by atoms with van der Waals surface area (Å²) >= 11 is 0. The molecule has 0 radical (unpaired) electrons. The van der Waals surface area contributed by atoms with Crippen LogP contribution in [0.1, 0.15) is 40.0 Å². The Labute approximate surface area is 104 Å². The van der Waals surface area contributed by atoms with Gasteiger partial charge in [0, 0.05) is 20.3 Å². The molecule has 0 aromatic carbocycles. The Morgan fingerprint density at radius 1 is 1.29 bits per heavy atom. The fourth-order valence-corrected chi connectivity index (χ4v) is 2.12.